The van der Waals surface area contributed by atoms with Crippen molar-refractivity contribution in [1.29, 1.82) is 5.26 Å². The van der Waals surface area contributed by atoms with Crippen molar-refractivity contribution in [3.8, 4) is 11.8 Å². The van der Waals surface area contributed by atoms with Gasteiger partial charge in [0, 0.05) is 0 Å². The average molecular weight is 414 g/mol. The van der Waals surface area contributed by atoms with Gasteiger partial charge in [0.2, 0.25) is 10.0 Å². The summed E-state index contributed by atoms with van der Waals surface area (Å²) in [6, 6.07) is 2.84. The van der Waals surface area contributed by atoms with Gasteiger partial charge in [-0.05, 0) is 12.1 Å². The van der Waals surface area contributed by atoms with E-state index in [1.807, 2.05) is 4.72 Å². The first-order valence-corrected chi connectivity index (χ1v) is 8.83. The van der Waals surface area contributed by atoms with Crippen molar-refractivity contribution in [3.63, 3.8) is 0 Å². The van der Waals surface area contributed by atoms with Gasteiger partial charge in [-0.2, -0.15) is 23.5 Å². The highest BCUT2D eigenvalue weighted by Crippen LogP contribution is 2.39. The molecule has 0 fully saturated rings. The number of anilines is 2. The molecule has 0 unspecified atom stereocenters. The smallest absolute Gasteiger partial charge is 0.382 e. The molecule has 1 heterocycles. The number of nitrogens with zero attached hydrogens (tertiary/aromatic N) is 3. The third-order valence-corrected chi connectivity index (χ3v) is 4.02. The molecule has 3 N–H and O–H groups in total. The topological polar surface area (TPSA) is 114 Å². The van der Waals surface area contributed by atoms with E-state index in [0.717, 1.165) is 10.9 Å². The molecule has 1 aromatic heterocycles. The molecule has 0 aliphatic heterocycles. The second-order valence-electron chi connectivity index (χ2n) is 4.79. The molecule has 0 radical (unpaired) electrons. The summed E-state index contributed by atoms with van der Waals surface area (Å²) in [5, 5.41) is 11.9. The Morgan fingerprint density at radius 3 is 2.24 bits per heavy atom. The number of benzene rings is 1. The monoisotopic (exact) mass is 413 g/mol. The minimum absolute atomic E-state index is 0.230. The number of nitriles is 1. The zero-order valence-electron chi connectivity index (χ0n) is 12.2. The second kappa shape index (κ2) is 6.29. The summed E-state index contributed by atoms with van der Waals surface area (Å²) in [5.74, 6) is -0.370. The maximum absolute atomic E-state index is 12.8. The van der Waals surface area contributed by atoms with Gasteiger partial charge >= 0.3 is 6.18 Å². The number of hydrogen-bond acceptors (Lipinski definition) is 5. The fourth-order valence-corrected chi connectivity index (χ4v) is 3.12. The first-order valence-electron chi connectivity index (χ1n) is 6.18. The zero-order valence-corrected chi connectivity index (χ0v) is 14.5. The zero-order chi connectivity index (χ0) is 19.2. The largest absolute Gasteiger partial charge is 0.416 e. The van der Waals surface area contributed by atoms with Crippen LogP contribution in [-0.2, 0) is 16.2 Å². The highest BCUT2D eigenvalue weighted by molar-refractivity contribution is 7.92. The summed E-state index contributed by atoms with van der Waals surface area (Å²) in [4.78, 5) is 0. The number of nitrogens with two attached hydrogens (primary N) is 1. The summed E-state index contributed by atoms with van der Waals surface area (Å²) in [6.07, 6.45) is -3.86. The quantitative estimate of drug-likeness (QED) is 0.802. The van der Waals surface area contributed by atoms with Crippen LogP contribution in [0.25, 0.3) is 5.69 Å². The third kappa shape index (κ3) is 3.92. The van der Waals surface area contributed by atoms with Gasteiger partial charge in [0.05, 0.1) is 21.9 Å². The number of nitrogen functional groups attached to an aromatic ring is 1. The van der Waals surface area contributed by atoms with Crippen LogP contribution in [0, 0.1) is 11.3 Å². The summed E-state index contributed by atoms with van der Waals surface area (Å²) < 4.78 is 63.9. The Kier molecular flexibility index (Phi) is 4.82. The molecule has 134 valence electrons. The number of aromatic nitrogens is 2. The lowest BCUT2D eigenvalue weighted by molar-refractivity contribution is -0.137. The van der Waals surface area contributed by atoms with E-state index >= 15 is 0 Å². The van der Waals surface area contributed by atoms with E-state index in [0.29, 0.717) is 12.1 Å². The van der Waals surface area contributed by atoms with Crippen LogP contribution in [0.2, 0.25) is 10.0 Å². The molecule has 0 spiro atoms. The van der Waals surface area contributed by atoms with Gasteiger partial charge in [-0.25, -0.2) is 13.1 Å². The Balaban J connectivity index is 2.70. The fourth-order valence-electron chi connectivity index (χ4n) is 1.90. The van der Waals surface area contributed by atoms with E-state index in [1.165, 1.54) is 0 Å². The molecule has 0 amide bonds. The number of alkyl halides is 3. The van der Waals surface area contributed by atoms with Gasteiger partial charge in [-0.1, -0.05) is 23.2 Å². The van der Waals surface area contributed by atoms with Gasteiger partial charge in [0.25, 0.3) is 0 Å². The Hall–Kier alpha value is -2.16. The molecule has 0 saturated carbocycles. The molecule has 2 rings (SSSR count). The number of hydrogen-bond donors (Lipinski definition) is 2. The molecular formula is C12H8Cl2F3N5O2S. The molecular weight excluding hydrogens is 406 g/mol. The van der Waals surface area contributed by atoms with E-state index in [-0.39, 0.29) is 17.2 Å². The molecule has 0 aliphatic rings. The van der Waals surface area contributed by atoms with Crippen molar-refractivity contribution in [3.05, 3.63) is 33.4 Å². The molecule has 7 nitrogen and oxygen atoms in total. The van der Waals surface area contributed by atoms with Crippen LogP contribution < -0.4 is 10.5 Å². The van der Waals surface area contributed by atoms with Gasteiger partial charge in [-0.3, -0.25) is 4.72 Å². The van der Waals surface area contributed by atoms with Gasteiger partial charge in [0.1, 0.15) is 17.4 Å². The average Bonchev–Trinajstić information content (AvgIpc) is 2.73. The van der Waals surface area contributed by atoms with Crippen LogP contribution in [0.3, 0.4) is 0 Å². The molecule has 25 heavy (non-hydrogen) atoms. The van der Waals surface area contributed by atoms with Crippen LogP contribution in [0.15, 0.2) is 12.1 Å². The molecule has 0 aliphatic carbocycles. The summed E-state index contributed by atoms with van der Waals surface area (Å²) in [5.41, 5.74) is 3.70. The van der Waals surface area contributed by atoms with Crippen molar-refractivity contribution in [2.24, 2.45) is 0 Å². The highest BCUT2D eigenvalue weighted by Gasteiger charge is 2.33. The summed E-state index contributed by atoms with van der Waals surface area (Å²) >= 11 is 11.7. The van der Waals surface area contributed by atoms with Crippen molar-refractivity contribution in [1.82, 2.24) is 9.78 Å². The number of rotatable bonds is 3. The lowest BCUT2D eigenvalue weighted by Gasteiger charge is -2.13. The van der Waals surface area contributed by atoms with Crippen LogP contribution in [0.5, 0.6) is 0 Å². The Labute approximate surface area is 149 Å². The molecule has 1 aromatic carbocycles. The Morgan fingerprint density at radius 2 is 1.84 bits per heavy atom. The fraction of sp³-hybridized carbons (Fsp3) is 0.167. The number of halogens is 5. The molecule has 13 heteroatoms. The van der Waals surface area contributed by atoms with Gasteiger partial charge in [0.15, 0.2) is 11.5 Å². The molecule has 0 bridgehead atoms. The summed E-state index contributed by atoms with van der Waals surface area (Å²) in [7, 11) is -3.80. The molecule has 2 aromatic rings. The van der Waals surface area contributed by atoms with Crippen LogP contribution >= 0.6 is 23.2 Å². The predicted molar refractivity (Wildman–Crippen MR) is 86.2 cm³/mol. The maximum Gasteiger partial charge on any atom is 0.416 e. The minimum Gasteiger partial charge on any atom is -0.382 e. The van der Waals surface area contributed by atoms with Crippen LogP contribution in [-0.4, -0.2) is 24.5 Å². The van der Waals surface area contributed by atoms with Crippen molar-refractivity contribution >= 4 is 44.7 Å². The Morgan fingerprint density at radius 1 is 1.32 bits per heavy atom. The first kappa shape index (κ1) is 19.2. The SMILES string of the molecule is CS(=O)(=O)Nc1c(C#N)nn(-c2c(Cl)cc(C(F)(F)F)cc2Cl)c1N. The maximum atomic E-state index is 12.8. The predicted octanol–water partition coefficient (Wildman–Crippen LogP) is 3.02. The van der Waals surface area contributed by atoms with E-state index in [1.54, 1.807) is 6.07 Å². The van der Waals surface area contributed by atoms with E-state index < -0.39 is 37.5 Å². The Bertz CT molecular complexity index is 972. The van der Waals surface area contributed by atoms with Crippen molar-refractivity contribution < 1.29 is 21.6 Å². The van der Waals surface area contributed by atoms with Crippen LogP contribution in [0.4, 0.5) is 24.7 Å². The highest BCUT2D eigenvalue weighted by atomic mass is 35.5. The van der Waals surface area contributed by atoms with Crippen LogP contribution in [0.1, 0.15) is 11.3 Å². The number of nitrogens with one attached hydrogen (secondary N) is 1. The van der Waals surface area contributed by atoms with Crippen molar-refractivity contribution in [2.45, 2.75) is 6.18 Å². The second-order valence-corrected chi connectivity index (χ2v) is 7.36. The lowest BCUT2D eigenvalue weighted by Crippen LogP contribution is -2.12. The first-order chi connectivity index (χ1) is 11.3. The van der Waals surface area contributed by atoms with E-state index in [2.05, 4.69) is 5.10 Å². The minimum atomic E-state index is -4.68. The van der Waals surface area contributed by atoms with E-state index in [9.17, 15) is 21.6 Å². The third-order valence-electron chi connectivity index (χ3n) is 2.87. The normalized spacial score (nSPS) is 12.0. The lowest BCUT2D eigenvalue weighted by atomic mass is 10.2. The number of sulfonamides is 1. The standard InChI is InChI=1S/C12H8Cl2F3N5O2S/c1-25(23,24)21-9-8(4-18)20-22(11(9)19)10-6(13)2-5(3-7(10)14)12(15,16)17/h2-3,21H,19H2,1H3. The molecule has 0 atom stereocenters. The summed E-state index contributed by atoms with van der Waals surface area (Å²) in [6.45, 7) is 0. The van der Waals surface area contributed by atoms with Gasteiger partial charge < -0.3 is 5.73 Å². The molecule has 0 saturated heterocycles. The van der Waals surface area contributed by atoms with Crippen molar-refractivity contribution in [2.75, 3.05) is 16.7 Å². The van der Waals surface area contributed by atoms with Gasteiger partial charge in [-0.15, -0.1) is 0 Å². The van der Waals surface area contributed by atoms with E-state index in [4.69, 9.17) is 34.2 Å².